The van der Waals surface area contributed by atoms with Crippen molar-refractivity contribution in [3.05, 3.63) is 41.3 Å². The molecule has 26 heavy (non-hydrogen) atoms. The zero-order valence-electron chi connectivity index (χ0n) is 13.9. The maximum absolute atomic E-state index is 12.6. The molecule has 3 heterocycles. The van der Waals surface area contributed by atoms with Gasteiger partial charge in [-0.15, -0.1) is 0 Å². The number of amides is 1. The summed E-state index contributed by atoms with van der Waals surface area (Å²) in [6.45, 7) is 0. The first kappa shape index (κ1) is 15.5. The Kier molecular flexibility index (Phi) is 3.33. The number of fused-ring (bicyclic) bond motifs is 2. The summed E-state index contributed by atoms with van der Waals surface area (Å²) in [5, 5.41) is 11.2. The van der Waals surface area contributed by atoms with Crippen LogP contribution in [0.5, 0.6) is 0 Å². The average Bonchev–Trinajstić information content (AvgIpc) is 3.24. The fourth-order valence-electron chi connectivity index (χ4n) is 3.91. The molecule has 132 valence electrons. The number of hydrogen-bond acceptors (Lipinski definition) is 5. The van der Waals surface area contributed by atoms with E-state index < -0.39 is 0 Å². The fourth-order valence-corrected chi connectivity index (χ4v) is 4.22. The van der Waals surface area contributed by atoms with Gasteiger partial charge in [0.05, 0.1) is 21.7 Å². The van der Waals surface area contributed by atoms with Crippen LogP contribution in [-0.2, 0) is 0 Å². The van der Waals surface area contributed by atoms with Crippen LogP contribution >= 0.6 is 11.6 Å². The summed E-state index contributed by atoms with van der Waals surface area (Å²) in [6.07, 6.45) is 7.36. The van der Waals surface area contributed by atoms with E-state index in [1.54, 1.807) is 6.07 Å². The van der Waals surface area contributed by atoms with Crippen molar-refractivity contribution in [3.63, 3.8) is 0 Å². The number of aromatic nitrogens is 3. The molecule has 8 heteroatoms. The summed E-state index contributed by atoms with van der Waals surface area (Å²) in [5.41, 5.74) is 2.42. The Morgan fingerprint density at radius 1 is 1.15 bits per heavy atom. The number of nitrogens with zero attached hydrogens (tertiary/aromatic N) is 2. The molecule has 0 unspecified atom stereocenters. The predicted octanol–water partition coefficient (Wildman–Crippen LogP) is 3.78. The van der Waals surface area contributed by atoms with Gasteiger partial charge in [-0.25, -0.2) is 9.97 Å². The third-order valence-corrected chi connectivity index (χ3v) is 5.42. The smallest absolute Gasteiger partial charge is 0.256 e. The van der Waals surface area contributed by atoms with Crippen LogP contribution in [0.4, 0.5) is 17.2 Å². The second kappa shape index (κ2) is 5.60. The molecule has 0 saturated heterocycles. The molecule has 0 bridgehead atoms. The maximum Gasteiger partial charge on any atom is 0.256 e. The summed E-state index contributed by atoms with van der Waals surface area (Å²) in [6, 6.07) is 5.58. The molecule has 1 aliphatic carbocycles. The number of carbonyl (C=O) groups excluding carboxylic acids is 1. The van der Waals surface area contributed by atoms with Crippen LogP contribution in [0.2, 0.25) is 5.02 Å². The minimum atomic E-state index is -0.352. The highest BCUT2D eigenvalue weighted by atomic mass is 35.5. The summed E-state index contributed by atoms with van der Waals surface area (Å²) in [7, 11) is 0. The molecule has 1 saturated carbocycles. The first-order valence-corrected chi connectivity index (χ1v) is 9.01. The van der Waals surface area contributed by atoms with Gasteiger partial charge in [-0.05, 0) is 43.9 Å². The zero-order chi connectivity index (χ0) is 17.7. The van der Waals surface area contributed by atoms with Crippen LogP contribution in [0.3, 0.4) is 0 Å². The number of H-pyrrole nitrogens is 1. The molecule has 0 radical (unpaired) electrons. The first-order chi connectivity index (χ1) is 12.6. The molecule has 4 N–H and O–H groups in total. The van der Waals surface area contributed by atoms with E-state index in [4.69, 9.17) is 11.6 Å². The monoisotopic (exact) mass is 368 g/mol. The number of aromatic amines is 1. The van der Waals surface area contributed by atoms with Gasteiger partial charge in [0.1, 0.15) is 23.5 Å². The van der Waals surface area contributed by atoms with E-state index in [-0.39, 0.29) is 11.6 Å². The quantitative estimate of drug-likeness (QED) is 0.552. The standard InChI is InChI=1S/C18H17ClN6O/c19-12-7-10(23-16-11-3-6-20-15(11)21-9-22-16)8-13-14(12)17(26)25-18(24-13)4-1-2-5-18/h3,6-9,24H,1-2,4-5H2,(H,25,26)(H2,20,21,22,23). The topological polar surface area (TPSA) is 94.7 Å². The maximum atomic E-state index is 12.6. The van der Waals surface area contributed by atoms with Crippen molar-refractivity contribution in [2.24, 2.45) is 0 Å². The van der Waals surface area contributed by atoms with E-state index in [0.717, 1.165) is 48.1 Å². The number of benzene rings is 1. The lowest BCUT2D eigenvalue weighted by Gasteiger charge is -2.38. The number of halogens is 1. The average molecular weight is 369 g/mol. The Bertz CT molecular complexity index is 1020. The molecule has 0 atom stereocenters. The molecule has 7 nitrogen and oxygen atoms in total. The van der Waals surface area contributed by atoms with Crippen molar-refractivity contribution in [2.45, 2.75) is 31.3 Å². The van der Waals surface area contributed by atoms with Crippen molar-refractivity contribution in [3.8, 4) is 0 Å². The van der Waals surface area contributed by atoms with Crippen LogP contribution in [0.25, 0.3) is 11.0 Å². The Labute approximate surface area is 154 Å². The number of rotatable bonds is 2. The molecule has 1 amide bonds. The normalized spacial score (nSPS) is 17.8. The highest BCUT2D eigenvalue weighted by molar-refractivity contribution is 6.35. The van der Waals surface area contributed by atoms with Gasteiger partial charge in [-0.3, -0.25) is 4.79 Å². The number of anilines is 3. The molecular weight excluding hydrogens is 352 g/mol. The van der Waals surface area contributed by atoms with E-state index in [9.17, 15) is 4.79 Å². The SMILES string of the molecule is O=C1NC2(CCCC2)Nc2cc(Nc3ncnc4[nH]ccc34)cc(Cl)c21. The minimum absolute atomic E-state index is 0.118. The summed E-state index contributed by atoms with van der Waals surface area (Å²) in [5.74, 6) is 0.565. The molecule has 3 aromatic rings. The van der Waals surface area contributed by atoms with Gasteiger partial charge in [-0.1, -0.05) is 11.6 Å². The van der Waals surface area contributed by atoms with E-state index in [1.807, 2.05) is 18.3 Å². The van der Waals surface area contributed by atoms with Crippen molar-refractivity contribution < 1.29 is 4.79 Å². The molecule has 5 rings (SSSR count). The first-order valence-electron chi connectivity index (χ1n) is 8.63. The van der Waals surface area contributed by atoms with Gasteiger partial charge in [0.25, 0.3) is 5.91 Å². The van der Waals surface area contributed by atoms with Crippen LogP contribution in [0.1, 0.15) is 36.0 Å². The highest BCUT2D eigenvalue weighted by Gasteiger charge is 2.40. The fraction of sp³-hybridized carbons (Fsp3) is 0.278. The highest BCUT2D eigenvalue weighted by Crippen LogP contribution is 2.40. The van der Waals surface area contributed by atoms with E-state index in [0.29, 0.717) is 16.4 Å². The van der Waals surface area contributed by atoms with Crippen LogP contribution in [-0.4, -0.2) is 26.5 Å². The number of hydrogen-bond donors (Lipinski definition) is 4. The van der Waals surface area contributed by atoms with E-state index in [2.05, 4.69) is 30.9 Å². The van der Waals surface area contributed by atoms with E-state index in [1.165, 1.54) is 6.33 Å². The summed E-state index contributed by atoms with van der Waals surface area (Å²) < 4.78 is 0. The van der Waals surface area contributed by atoms with E-state index >= 15 is 0 Å². The van der Waals surface area contributed by atoms with Gasteiger partial charge in [0.2, 0.25) is 0 Å². The lowest BCUT2D eigenvalue weighted by Crippen LogP contribution is -2.55. The summed E-state index contributed by atoms with van der Waals surface area (Å²) >= 11 is 6.42. The van der Waals surface area contributed by atoms with Gasteiger partial charge in [0, 0.05) is 11.9 Å². The van der Waals surface area contributed by atoms with Gasteiger partial charge in [0.15, 0.2) is 0 Å². The molecule has 1 fully saturated rings. The predicted molar refractivity (Wildman–Crippen MR) is 101 cm³/mol. The third-order valence-electron chi connectivity index (χ3n) is 5.12. The number of carbonyl (C=O) groups is 1. The molecule has 1 aromatic carbocycles. The second-order valence-corrected chi connectivity index (χ2v) is 7.24. The van der Waals surface area contributed by atoms with Crippen molar-refractivity contribution in [1.29, 1.82) is 0 Å². The Hall–Kier alpha value is -2.80. The zero-order valence-corrected chi connectivity index (χ0v) is 14.7. The van der Waals surface area contributed by atoms with Crippen molar-refractivity contribution in [1.82, 2.24) is 20.3 Å². The lowest BCUT2D eigenvalue weighted by molar-refractivity contribution is 0.0902. The van der Waals surface area contributed by atoms with Gasteiger partial charge in [-0.2, -0.15) is 0 Å². The Morgan fingerprint density at radius 2 is 2.00 bits per heavy atom. The Morgan fingerprint density at radius 3 is 2.85 bits per heavy atom. The minimum Gasteiger partial charge on any atom is -0.362 e. The van der Waals surface area contributed by atoms with Crippen molar-refractivity contribution >= 4 is 45.7 Å². The van der Waals surface area contributed by atoms with Crippen LogP contribution < -0.4 is 16.0 Å². The van der Waals surface area contributed by atoms with Crippen molar-refractivity contribution in [2.75, 3.05) is 10.6 Å². The molecule has 1 aliphatic heterocycles. The van der Waals surface area contributed by atoms with Gasteiger partial charge >= 0.3 is 0 Å². The summed E-state index contributed by atoms with van der Waals surface area (Å²) in [4.78, 5) is 24.2. The molecule has 2 aromatic heterocycles. The third kappa shape index (κ3) is 2.39. The number of nitrogens with one attached hydrogen (secondary N) is 4. The van der Waals surface area contributed by atoms with Gasteiger partial charge < -0.3 is 20.9 Å². The molecule has 1 spiro atoms. The molecular formula is C18H17ClN6O. The Balaban J connectivity index is 1.55. The van der Waals surface area contributed by atoms with Crippen LogP contribution in [0, 0.1) is 0 Å². The largest absolute Gasteiger partial charge is 0.362 e. The van der Waals surface area contributed by atoms with Crippen LogP contribution in [0.15, 0.2) is 30.7 Å². The second-order valence-electron chi connectivity index (χ2n) is 6.84. The molecule has 2 aliphatic rings. The lowest BCUT2D eigenvalue weighted by atomic mass is 10.00.